The molecule has 0 saturated heterocycles. The van der Waals surface area contributed by atoms with Crippen LogP contribution in [0.4, 0.5) is 5.69 Å². The van der Waals surface area contributed by atoms with Crippen LogP contribution < -0.4 is 23.8 Å². The molecule has 0 fully saturated rings. The van der Waals surface area contributed by atoms with E-state index in [1.807, 2.05) is 19.1 Å². The van der Waals surface area contributed by atoms with Crippen molar-refractivity contribution in [3.8, 4) is 17.2 Å². The fourth-order valence-electron chi connectivity index (χ4n) is 2.96. The van der Waals surface area contributed by atoms with Crippen molar-refractivity contribution in [1.29, 1.82) is 0 Å². The van der Waals surface area contributed by atoms with Crippen LogP contribution in [-0.2, 0) is 14.8 Å². The summed E-state index contributed by atoms with van der Waals surface area (Å²) in [7, 11) is 1.26. The molecular weight excluding hydrogens is 420 g/mol. The van der Waals surface area contributed by atoms with Crippen LogP contribution in [0.5, 0.6) is 17.2 Å². The molecule has 31 heavy (non-hydrogen) atoms. The second-order valence-corrected chi connectivity index (χ2v) is 9.08. The molecule has 1 N–H and O–H groups in total. The Kier molecular flexibility index (Phi) is 8.15. The maximum atomic E-state index is 12.7. The number of methoxy groups -OCH3 is 2. The number of carbonyl (C=O) groups excluding carboxylic acids is 1. The van der Waals surface area contributed by atoms with Crippen molar-refractivity contribution in [2.45, 2.75) is 32.4 Å². The zero-order chi connectivity index (χ0) is 23.2. The molecule has 0 bridgehead atoms. The normalized spacial score (nSPS) is 13.1. The van der Waals surface area contributed by atoms with Crippen molar-refractivity contribution in [2.75, 3.05) is 31.8 Å². The number of ether oxygens (including phenoxy) is 3. The number of hydrogen-bond acceptors (Lipinski definition) is 6. The number of benzene rings is 2. The average molecular weight is 451 g/mol. The van der Waals surface area contributed by atoms with Gasteiger partial charge in [0.2, 0.25) is 10.0 Å². The molecule has 0 aliphatic heterocycles. The van der Waals surface area contributed by atoms with Crippen LogP contribution >= 0.6 is 0 Å². The molecule has 0 spiro atoms. The van der Waals surface area contributed by atoms with E-state index in [4.69, 9.17) is 14.2 Å². The fraction of sp³-hybridized carbons (Fsp3) is 0.409. The maximum Gasteiger partial charge on any atom is 0.261 e. The third kappa shape index (κ3) is 6.27. The molecule has 8 nitrogen and oxygen atoms in total. The molecule has 0 radical (unpaired) electrons. The van der Waals surface area contributed by atoms with Gasteiger partial charge in [-0.3, -0.25) is 9.10 Å². The first-order chi connectivity index (χ1) is 14.6. The van der Waals surface area contributed by atoms with E-state index in [9.17, 15) is 13.2 Å². The van der Waals surface area contributed by atoms with Gasteiger partial charge in [0, 0.05) is 7.05 Å². The van der Waals surface area contributed by atoms with Gasteiger partial charge < -0.3 is 19.5 Å². The number of sulfonamides is 1. The molecule has 2 aromatic carbocycles. The summed E-state index contributed by atoms with van der Waals surface area (Å²) in [6.45, 7) is 3.64. The summed E-state index contributed by atoms with van der Waals surface area (Å²) in [5.74, 6) is 1.41. The Balaban J connectivity index is 2.05. The fourth-order valence-corrected chi connectivity index (χ4v) is 3.47. The van der Waals surface area contributed by atoms with Gasteiger partial charge in [0.05, 0.1) is 32.2 Å². The molecule has 0 unspecified atom stereocenters. The third-order valence-electron chi connectivity index (χ3n) is 4.91. The van der Waals surface area contributed by atoms with Gasteiger partial charge >= 0.3 is 0 Å². The summed E-state index contributed by atoms with van der Waals surface area (Å²) in [6, 6.07) is 11.8. The smallest absolute Gasteiger partial charge is 0.261 e. The minimum absolute atomic E-state index is 0.218. The zero-order valence-electron chi connectivity index (χ0n) is 18.7. The Labute approximate surface area is 184 Å². The van der Waals surface area contributed by atoms with Crippen LogP contribution in [0.2, 0.25) is 0 Å². The molecule has 0 aliphatic carbocycles. The Morgan fingerprint density at radius 1 is 1.06 bits per heavy atom. The predicted molar refractivity (Wildman–Crippen MR) is 120 cm³/mol. The number of hydrogen-bond donors (Lipinski definition) is 1. The van der Waals surface area contributed by atoms with Crippen molar-refractivity contribution in [3.05, 3.63) is 48.0 Å². The number of rotatable bonds is 10. The Bertz CT molecular complexity index is 992. The number of nitrogens with zero attached hydrogens (tertiary/aromatic N) is 1. The third-order valence-corrected chi connectivity index (χ3v) is 6.12. The van der Waals surface area contributed by atoms with E-state index in [2.05, 4.69) is 5.32 Å². The van der Waals surface area contributed by atoms with Crippen LogP contribution in [-0.4, -0.2) is 48.0 Å². The largest absolute Gasteiger partial charge is 0.493 e. The predicted octanol–water partition coefficient (Wildman–Crippen LogP) is 3.13. The van der Waals surface area contributed by atoms with Gasteiger partial charge in [0.15, 0.2) is 17.6 Å². The molecule has 1 amide bonds. The van der Waals surface area contributed by atoms with Crippen LogP contribution in [0.25, 0.3) is 0 Å². The molecular formula is C22H30N2O6S. The standard InChI is InChI=1S/C22H30N2O6S/c1-7-19(16-8-13-20(28-4)21(14-16)29-5)23-22(25)15(2)30-18-11-9-17(10-12-18)24(3)31(6,26)27/h8-15,19H,7H2,1-6H3,(H,23,25)/t15-,19+/m1/s1. The Hall–Kier alpha value is -2.94. The van der Waals surface area contributed by atoms with E-state index in [0.29, 0.717) is 29.4 Å². The van der Waals surface area contributed by atoms with E-state index < -0.39 is 16.1 Å². The second-order valence-electron chi connectivity index (χ2n) is 7.07. The zero-order valence-corrected chi connectivity index (χ0v) is 19.5. The van der Waals surface area contributed by atoms with Gasteiger partial charge in [0.25, 0.3) is 5.91 Å². The topological polar surface area (TPSA) is 94.2 Å². The van der Waals surface area contributed by atoms with Crippen molar-refractivity contribution in [1.82, 2.24) is 5.32 Å². The van der Waals surface area contributed by atoms with E-state index >= 15 is 0 Å². The first-order valence-corrected chi connectivity index (χ1v) is 11.7. The van der Waals surface area contributed by atoms with Crippen molar-refractivity contribution >= 4 is 21.6 Å². The highest BCUT2D eigenvalue weighted by Crippen LogP contribution is 2.31. The molecule has 0 heterocycles. The van der Waals surface area contributed by atoms with Gasteiger partial charge in [0.1, 0.15) is 5.75 Å². The van der Waals surface area contributed by atoms with Crippen molar-refractivity contribution < 1.29 is 27.4 Å². The highest BCUT2D eigenvalue weighted by atomic mass is 32.2. The van der Waals surface area contributed by atoms with Gasteiger partial charge in [-0.2, -0.15) is 0 Å². The molecule has 0 aliphatic rings. The lowest BCUT2D eigenvalue weighted by molar-refractivity contribution is -0.128. The van der Waals surface area contributed by atoms with Crippen LogP contribution in [0.1, 0.15) is 31.9 Å². The average Bonchev–Trinajstić information content (AvgIpc) is 2.76. The van der Waals surface area contributed by atoms with E-state index in [-0.39, 0.29) is 11.9 Å². The van der Waals surface area contributed by atoms with Crippen LogP contribution in [0.15, 0.2) is 42.5 Å². The summed E-state index contributed by atoms with van der Waals surface area (Å²) >= 11 is 0. The molecule has 0 aromatic heterocycles. The molecule has 9 heteroatoms. The lowest BCUT2D eigenvalue weighted by Crippen LogP contribution is -2.38. The summed E-state index contributed by atoms with van der Waals surface area (Å²) in [4.78, 5) is 12.7. The lowest BCUT2D eigenvalue weighted by atomic mass is 10.0. The van der Waals surface area contributed by atoms with Crippen LogP contribution in [0, 0.1) is 0 Å². The number of nitrogens with one attached hydrogen (secondary N) is 1. The molecule has 170 valence electrons. The van der Waals surface area contributed by atoms with Gasteiger partial charge in [-0.25, -0.2) is 8.42 Å². The summed E-state index contributed by atoms with van der Waals surface area (Å²) in [6.07, 6.45) is 1.07. The second kappa shape index (κ2) is 10.4. The van der Waals surface area contributed by atoms with Gasteiger partial charge in [-0.1, -0.05) is 13.0 Å². The first-order valence-electron chi connectivity index (χ1n) is 9.83. The highest BCUT2D eigenvalue weighted by molar-refractivity contribution is 7.92. The molecule has 2 atom stereocenters. The minimum Gasteiger partial charge on any atom is -0.493 e. The van der Waals surface area contributed by atoms with E-state index in [0.717, 1.165) is 11.8 Å². The Morgan fingerprint density at radius 3 is 2.19 bits per heavy atom. The number of anilines is 1. The molecule has 0 saturated carbocycles. The minimum atomic E-state index is -3.35. The monoisotopic (exact) mass is 450 g/mol. The van der Waals surface area contributed by atoms with Crippen molar-refractivity contribution in [2.24, 2.45) is 0 Å². The molecule has 2 aromatic rings. The SMILES string of the molecule is CC[C@H](NC(=O)[C@@H](C)Oc1ccc(N(C)S(C)(=O)=O)cc1)c1ccc(OC)c(OC)c1. The van der Waals surface area contributed by atoms with Crippen molar-refractivity contribution in [3.63, 3.8) is 0 Å². The lowest BCUT2D eigenvalue weighted by Gasteiger charge is -2.22. The summed E-state index contributed by atoms with van der Waals surface area (Å²) in [5.41, 5.74) is 1.40. The van der Waals surface area contributed by atoms with Gasteiger partial charge in [-0.15, -0.1) is 0 Å². The summed E-state index contributed by atoms with van der Waals surface area (Å²) in [5, 5.41) is 2.99. The van der Waals surface area contributed by atoms with E-state index in [1.165, 1.54) is 11.4 Å². The maximum absolute atomic E-state index is 12.7. The molecule has 2 rings (SSSR count). The Morgan fingerprint density at radius 2 is 1.68 bits per heavy atom. The van der Waals surface area contributed by atoms with Gasteiger partial charge in [-0.05, 0) is 55.3 Å². The number of carbonyl (C=O) groups is 1. The number of amides is 1. The quantitative estimate of drug-likeness (QED) is 0.598. The van der Waals surface area contributed by atoms with Crippen LogP contribution in [0.3, 0.4) is 0 Å². The highest BCUT2D eigenvalue weighted by Gasteiger charge is 2.21. The van der Waals surface area contributed by atoms with E-state index in [1.54, 1.807) is 51.5 Å². The first kappa shape index (κ1) is 24.3. The summed E-state index contributed by atoms with van der Waals surface area (Å²) < 4.78 is 40.8.